The molecule has 1 aromatic rings. The lowest BCUT2D eigenvalue weighted by atomic mass is 9.78. The average Bonchev–Trinajstić information content (AvgIpc) is 2.82. The van der Waals surface area contributed by atoms with Gasteiger partial charge in [-0.2, -0.15) is 0 Å². The number of aliphatic hydroxyl groups excluding tert-OH is 1. The van der Waals surface area contributed by atoms with E-state index in [2.05, 4.69) is 5.16 Å². The van der Waals surface area contributed by atoms with E-state index >= 15 is 0 Å². The fraction of sp³-hybridized carbons (Fsp3) is 0.500. The van der Waals surface area contributed by atoms with Crippen molar-refractivity contribution < 1.29 is 43.6 Å². The number of ketones is 2. The molecule has 1 aromatic carbocycles. The number of rotatable bonds is 9. The highest BCUT2D eigenvalue weighted by Crippen LogP contribution is 2.42. The molecule has 0 spiro atoms. The lowest BCUT2D eigenvalue weighted by Gasteiger charge is -2.26. The zero-order chi connectivity index (χ0) is 26.4. The average molecular weight is 525 g/mol. The Balaban J connectivity index is 1.92. The first kappa shape index (κ1) is 27.4. The van der Waals surface area contributed by atoms with Crippen LogP contribution in [-0.2, 0) is 19.1 Å². The highest BCUT2D eigenvalue weighted by molar-refractivity contribution is 6.36. The van der Waals surface area contributed by atoms with E-state index in [1.54, 1.807) is 6.92 Å². The largest absolute Gasteiger partial charge is 0.511 e. The van der Waals surface area contributed by atoms with Gasteiger partial charge < -0.3 is 35.0 Å². The van der Waals surface area contributed by atoms with Gasteiger partial charge in [-0.25, -0.2) is 4.79 Å². The second-order valence-corrected chi connectivity index (χ2v) is 9.02. The van der Waals surface area contributed by atoms with Crippen molar-refractivity contribution in [2.45, 2.75) is 45.8 Å². The predicted octanol–water partition coefficient (Wildman–Crippen LogP) is 3.27. The molecule has 1 aliphatic heterocycles. The Morgan fingerprint density at radius 2 is 2.03 bits per heavy atom. The molecule has 1 fully saturated rings. The van der Waals surface area contributed by atoms with Crippen molar-refractivity contribution in [1.29, 1.82) is 0 Å². The predicted molar refractivity (Wildman–Crippen MR) is 128 cm³/mol. The number of nitrogens with zero attached hydrogens (tertiary/aromatic N) is 1. The molecule has 1 aliphatic carbocycles. The maximum atomic E-state index is 13.5. The van der Waals surface area contributed by atoms with E-state index in [4.69, 9.17) is 36.4 Å². The maximum Gasteiger partial charge on any atom is 0.367 e. The van der Waals surface area contributed by atoms with Gasteiger partial charge in [0.2, 0.25) is 0 Å². The van der Waals surface area contributed by atoms with Crippen LogP contribution in [0.3, 0.4) is 0 Å². The molecule has 0 aromatic heterocycles. The first-order chi connectivity index (χ1) is 17.1. The lowest BCUT2D eigenvalue weighted by molar-refractivity contribution is -0.165. The van der Waals surface area contributed by atoms with E-state index in [9.17, 15) is 24.6 Å². The summed E-state index contributed by atoms with van der Waals surface area (Å²) in [6.07, 6.45) is 3.33. The van der Waals surface area contributed by atoms with E-state index in [0.717, 1.165) is 31.4 Å². The number of allylic oxidation sites excluding steroid dienone is 2. The van der Waals surface area contributed by atoms with E-state index in [0.29, 0.717) is 6.61 Å². The normalized spacial score (nSPS) is 22.6. The van der Waals surface area contributed by atoms with Gasteiger partial charge >= 0.3 is 5.97 Å². The third-order valence-electron chi connectivity index (χ3n) is 5.73. The van der Waals surface area contributed by atoms with E-state index < -0.39 is 40.1 Å². The standard InChI is InChI=1S/C24H29ClN2O9/c1-12-9-14(28)10-16(29)19(12)22(30)20-17(33-7-8-35-18-5-3-4-6-34-18)11-15(21(25)23(20)31)24(32)36-27-13(2)26/h10-12,18-19,29,31H,3-9H2,1-2H3,(H2,26,27)/t12-,18?,19-/m1/s1. The van der Waals surface area contributed by atoms with Crippen LogP contribution in [0.15, 0.2) is 23.1 Å². The van der Waals surface area contributed by atoms with Gasteiger partial charge in [-0.15, -0.1) is 0 Å². The number of nitrogens with two attached hydrogens (primary N) is 1. The van der Waals surface area contributed by atoms with Crippen LogP contribution in [-0.4, -0.2) is 59.7 Å². The summed E-state index contributed by atoms with van der Waals surface area (Å²) < 4.78 is 16.9. The van der Waals surface area contributed by atoms with Gasteiger partial charge in [-0.05, 0) is 38.2 Å². The molecule has 2 aliphatic rings. The second kappa shape index (κ2) is 12.2. The fourth-order valence-electron chi connectivity index (χ4n) is 4.05. The number of aromatic hydroxyl groups is 1. The SMILES string of the molecule is C/C(N)=N/OC(=O)c1cc(OCCOC2CCCCO2)c(C(=O)[C@H]2C(O)=CC(=O)C[C@H]2C)c(O)c1Cl. The Kier molecular flexibility index (Phi) is 9.30. The molecule has 4 N–H and O–H groups in total. The molecular weight excluding hydrogens is 496 g/mol. The maximum absolute atomic E-state index is 13.5. The van der Waals surface area contributed by atoms with Crippen molar-refractivity contribution in [3.05, 3.63) is 34.1 Å². The third-order valence-corrected chi connectivity index (χ3v) is 6.11. The number of phenolic OH excluding ortho intramolecular Hbond substituents is 1. The fourth-order valence-corrected chi connectivity index (χ4v) is 4.27. The molecule has 0 amide bonds. The Morgan fingerprint density at radius 1 is 1.28 bits per heavy atom. The molecule has 0 radical (unpaired) electrons. The molecule has 11 nitrogen and oxygen atoms in total. The summed E-state index contributed by atoms with van der Waals surface area (Å²) >= 11 is 6.21. The van der Waals surface area contributed by atoms with E-state index in [1.165, 1.54) is 6.92 Å². The van der Waals surface area contributed by atoms with E-state index in [1.807, 2.05) is 0 Å². The molecule has 196 valence electrons. The molecule has 36 heavy (non-hydrogen) atoms. The number of amidine groups is 1. The number of Topliss-reactive ketones (excluding diaryl/α,β-unsaturated/α-hetero) is 1. The smallest absolute Gasteiger partial charge is 0.367 e. The van der Waals surface area contributed by atoms with Crippen LogP contribution in [0.4, 0.5) is 0 Å². The monoisotopic (exact) mass is 524 g/mol. The van der Waals surface area contributed by atoms with Crippen molar-refractivity contribution in [2.24, 2.45) is 22.7 Å². The summed E-state index contributed by atoms with van der Waals surface area (Å²) in [5.74, 6) is -5.17. The number of carbonyl (C=O) groups is 3. The first-order valence-corrected chi connectivity index (χ1v) is 11.9. The summed E-state index contributed by atoms with van der Waals surface area (Å²) in [6, 6.07) is 1.13. The van der Waals surface area contributed by atoms with Gasteiger partial charge in [0, 0.05) is 19.1 Å². The third kappa shape index (κ3) is 6.54. The van der Waals surface area contributed by atoms with Crippen LogP contribution < -0.4 is 10.5 Å². The molecule has 0 saturated carbocycles. The number of oxime groups is 1. The number of phenols is 1. The topological polar surface area (TPSA) is 167 Å². The summed E-state index contributed by atoms with van der Waals surface area (Å²) in [5.41, 5.74) is 4.71. The van der Waals surface area contributed by atoms with Crippen LogP contribution in [0, 0.1) is 11.8 Å². The van der Waals surface area contributed by atoms with Gasteiger partial charge in [0.1, 0.15) is 35.3 Å². The van der Waals surface area contributed by atoms with Gasteiger partial charge in [0.05, 0.1) is 23.1 Å². The zero-order valence-electron chi connectivity index (χ0n) is 20.0. The van der Waals surface area contributed by atoms with Crippen LogP contribution in [0.5, 0.6) is 11.5 Å². The number of aliphatic hydroxyl groups is 1. The van der Waals surface area contributed by atoms with Crippen molar-refractivity contribution >= 4 is 35.0 Å². The molecule has 12 heteroatoms. The molecule has 3 atom stereocenters. The summed E-state index contributed by atoms with van der Waals surface area (Å²) in [4.78, 5) is 42.4. The number of ether oxygens (including phenoxy) is 3. The minimum Gasteiger partial charge on any atom is -0.511 e. The van der Waals surface area contributed by atoms with Gasteiger partial charge in [-0.3, -0.25) is 9.59 Å². The number of carbonyl (C=O) groups excluding carboxylic acids is 3. The van der Waals surface area contributed by atoms with Crippen LogP contribution in [0.2, 0.25) is 5.02 Å². The van der Waals surface area contributed by atoms with Crippen LogP contribution >= 0.6 is 11.6 Å². The van der Waals surface area contributed by atoms with Gasteiger partial charge in [-0.1, -0.05) is 23.7 Å². The Labute approximate surface area is 212 Å². The minimum atomic E-state index is -1.12. The van der Waals surface area contributed by atoms with Crippen molar-refractivity contribution in [3.8, 4) is 11.5 Å². The number of hydrogen-bond acceptors (Lipinski definition) is 10. The summed E-state index contributed by atoms with van der Waals surface area (Å²) in [6.45, 7) is 3.66. The molecule has 1 unspecified atom stereocenters. The van der Waals surface area contributed by atoms with E-state index in [-0.39, 0.29) is 54.4 Å². The highest BCUT2D eigenvalue weighted by Gasteiger charge is 2.38. The Bertz CT molecular complexity index is 1080. The Morgan fingerprint density at radius 3 is 2.67 bits per heavy atom. The van der Waals surface area contributed by atoms with Crippen molar-refractivity contribution in [3.63, 3.8) is 0 Å². The van der Waals surface area contributed by atoms with Crippen molar-refractivity contribution in [2.75, 3.05) is 19.8 Å². The lowest BCUT2D eigenvalue weighted by Crippen LogP contribution is -2.30. The summed E-state index contributed by atoms with van der Waals surface area (Å²) in [7, 11) is 0. The second-order valence-electron chi connectivity index (χ2n) is 8.65. The Hall–Kier alpha value is -3.15. The number of benzene rings is 1. The van der Waals surface area contributed by atoms with Gasteiger partial charge in [0.25, 0.3) is 0 Å². The molecule has 0 bridgehead atoms. The molecular formula is C24H29ClN2O9. The minimum absolute atomic E-state index is 0.0290. The summed E-state index contributed by atoms with van der Waals surface area (Å²) in [5, 5.41) is 24.1. The van der Waals surface area contributed by atoms with Crippen molar-refractivity contribution in [1.82, 2.24) is 0 Å². The molecule has 1 heterocycles. The molecule has 3 rings (SSSR count). The van der Waals surface area contributed by atoms with Crippen LogP contribution in [0.25, 0.3) is 0 Å². The molecule has 1 saturated heterocycles. The van der Waals surface area contributed by atoms with Crippen LogP contribution in [0.1, 0.15) is 60.2 Å². The highest BCUT2D eigenvalue weighted by atomic mass is 35.5. The quantitative estimate of drug-likeness (QED) is 0.109. The zero-order valence-corrected chi connectivity index (χ0v) is 20.7. The first-order valence-electron chi connectivity index (χ1n) is 11.5. The number of hydrogen-bond donors (Lipinski definition) is 3. The van der Waals surface area contributed by atoms with Gasteiger partial charge in [0.15, 0.2) is 17.9 Å². The number of halogens is 1.